The van der Waals surface area contributed by atoms with E-state index in [2.05, 4.69) is 39.7 Å². The molecule has 1 aromatic rings. The van der Waals surface area contributed by atoms with Crippen molar-refractivity contribution in [1.82, 2.24) is 19.0 Å². The third-order valence-electron chi connectivity index (χ3n) is 2.47. The van der Waals surface area contributed by atoms with Crippen LogP contribution in [0.5, 0.6) is 0 Å². The van der Waals surface area contributed by atoms with Gasteiger partial charge in [0, 0.05) is 19.1 Å². The largest absolute Gasteiger partial charge is 0.307 e. The van der Waals surface area contributed by atoms with Crippen LogP contribution in [0.1, 0.15) is 26.5 Å². The number of hydrogen-bond donors (Lipinski definition) is 1. The minimum absolute atomic E-state index is 0.492. The van der Waals surface area contributed by atoms with Gasteiger partial charge in [0.2, 0.25) is 0 Å². The molecule has 1 atom stereocenters. The minimum atomic E-state index is 0.492. The lowest BCUT2D eigenvalue weighted by atomic mass is 10.3. The lowest BCUT2D eigenvalue weighted by molar-refractivity contribution is 0.270. The summed E-state index contributed by atoms with van der Waals surface area (Å²) in [7, 11) is 0. The van der Waals surface area contributed by atoms with Crippen molar-refractivity contribution >= 4 is 11.7 Å². The normalized spacial score (nSPS) is 13.3. The molecule has 0 spiro atoms. The number of hydrogen-bond acceptors (Lipinski definition) is 5. The zero-order chi connectivity index (χ0) is 11.1. The molecule has 0 aliphatic carbocycles. The molecule has 0 bridgehead atoms. The fourth-order valence-electron chi connectivity index (χ4n) is 1.47. The quantitative estimate of drug-likeness (QED) is 0.765. The predicted molar refractivity (Wildman–Crippen MR) is 64.0 cm³/mol. The van der Waals surface area contributed by atoms with Crippen LogP contribution in [-0.4, -0.2) is 39.3 Å². The summed E-state index contributed by atoms with van der Waals surface area (Å²) < 4.78 is 8.14. The zero-order valence-corrected chi connectivity index (χ0v) is 10.5. The molecule has 0 saturated heterocycles. The minimum Gasteiger partial charge on any atom is -0.307 e. The molecule has 0 amide bonds. The summed E-state index contributed by atoms with van der Waals surface area (Å²) in [6.07, 6.45) is 1.82. The monoisotopic (exact) mass is 228 g/mol. The molecule has 0 radical (unpaired) electrons. The summed E-state index contributed by atoms with van der Waals surface area (Å²) in [6, 6.07) is 0.492. The molecular formula is C10H20N4S. The molecule has 1 N–H and O–H groups in total. The third-order valence-corrected chi connectivity index (χ3v) is 2.98. The van der Waals surface area contributed by atoms with Crippen LogP contribution in [0.4, 0.5) is 0 Å². The highest BCUT2D eigenvalue weighted by Gasteiger charge is 2.06. The van der Waals surface area contributed by atoms with E-state index in [4.69, 9.17) is 0 Å². The number of aromatic nitrogens is 2. The van der Waals surface area contributed by atoms with E-state index in [1.807, 2.05) is 6.20 Å². The van der Waals surface area contributed by atoms with Crippen LogP contribution >= 0.6 is 11.7 Å². The molecule has 0 aliphatic rings. The van der Waals surface area contributed by atoms with Gasteiger partial charge in [0.15, 0.2) is 0 Å². The molecule has 86 valence electrons. The van der Waals surface area contributed by atoms with Gasteiger partial charge in [-0.3, -0.25) is 0 Å². The van der Waals surface area contributed by atoms with Crippen LogP contribution in [0.2, 0.25) is 0 Å². The maximum atomic E-state index is 4.16. The van der Waals surface area contributed by atoms with E-state index in [9.17, 15) is 0 Å². The van der Waals surface area contributed by atoms with Gasteiger partial charge in [-0.2, -0.15) is 8.75 Å². The van der Waals surface area contributed by atoms with Crippen LogP contribution in [0.15, 0.2) is 6.20 Å². The second kappa shape index (κ2) is 6.87. The maximum absolute atomic E-state index is 4.16. The highest BCUT2D eigenvalue weighted by Crippen LogP contribution is 1.97. The van der Waals surface area contributed by atoms with Crippen molar-refractivity contribution in [1.29, 1.82) is 0 Å². The Balaban J connectivity index is 2.21. The Kier molecular flexibility index (Phi) is 5.75. The number of likely N-dealkylation sites (N-methyl/N-ethyl adjacent to an activating group) is 1. The molecule has 1 aromatic heterocycles. The summed E-state index contributed by atoms with van der Waals surface area (Å²) in [6.45, 7) is 10.7. The summed E-state index contributed by atoms with van der Waals surface area (Å²) in [5, 5.41) is 3.45. The smallest absolute Gasteiger partial charge is 0.0880 e. The SMILES string of the molecule is CCN(CC)CC(C)NCc1cnsn1. The molecule has 0 aliphatic heterocycles. The maximum Gasteiger partial charge on any atom is 0.0880 e. The van der Waals surface area contributed by atoms with Crippen molar-refractivity contribution in [3.63, 3.8) is 0 Å². The van der Waals surface area contributed by atoms with Gasteiger partial charge in [0.1, 0.15) is 0 Å². The fourth-order valence-corrected chi connectivity index (χ4v) is 1.91. The molecule has 1 unspecified atom stereocenters. The standard InChI is InChI=1S/C10H20N4S/c1-4-14(5-2)8-9(3)11-6-10-7-12-15-13-10/h7,9,11H,4-6,8H2,1-3H3. The lowest BCUT2D eigenvalue weighted by Gasteiger charge is -2.23. The lowest BCUT2D eigenvalue weighted by Crippen LogP contribution is -2.38. The zero-order valence-electron chi connectivity index (χ0n) is 9.73. The number of nitrogens with one attached hydrogen (secondary N) is 1. The predicted octanol–water partition coefficient (Wildman–Crippen LogP) is 1.36. The summed E-state index contributed by atoms with van der Waals surface area (Å²) in [4.78, 5) is 2.41. The second-order valence-electron chi connectivity index (χ2n) is 3.67. The average molecular weight is 228 g/mol. The molecule has 0 fully saturated rings. The Morgan fingerprint density at radius 3 is 2.73 bits per heavy atom. The Morgan fingerprint density at radius 1 is 1.47 bits per heavy atom. The van der Waals surface area contributed by atoms with Gasteiger partial charge in [-0.25, -0.2) is 0 Å². The molecule has 1 heterocycles. The molecule has 4 nitrogen and oxygen atoms in total. The van der Waals surface area contributed by atoms with Crippen LogP contribution in [0.25, 0.3) is 0 Å². The Bertz CT molecular complexity index is 246. The molecular weight excluding hydrogens is 208 g/mol. The van der Waals surface area contributed by atoms with Gasteiger partial charge >= 0.3 is 0 Å². The Labute approximate surface area is 96.0 Å². The second-order valence-corrected chi connectivity index (χ2v) is 4.22. The van der Waals surface area contributed by atoms with E-state index in [1.54, 1.807) is 0 Å². The summed E-state index contributed by atoms with van der Waals surface area (Å²) in [5.41, 5.74) is 1.03. The van der Waals surface area contributed by atoms with E-state index in [0.29, 0.717) is 6.04 Å². The van der Waals surface area contributed by atoms with Gasteiger partial charge in [-0.1, -0.05) is 13.8 Å². The van der Waals surface area contributed by atoms with Crippen molar-refractivity contribution in [3.8, 4) is 0 Å². The van der Waals surface area contributed by atoms with E-state index >= 15 is 0 Å². The summed E-state index contributed by atoms with van der Waals surface area (Å²) >= 11 is 1.26. The van der Waals surface area contributed by atoms with Crippen molar-refractivity contribution in [3.05, 3.63) is 11.9 Å². The van der Waals surface area contributed by atoms with E-state index < -0.39 is 0 Å². The van der Waals surface area contributed by atoms with Crippen molar-refractivity contribution in [2.75, 3.05) is 19.6 Å². The van der Waals surface area contributed by atoms with Crippen LogP contribution < -0.4 is 5.32 Å². The first-order valence-corrected chi connectivity index (χ1v) is 6.21. The first-order chi connectivity index (χ1) is 7.26. The molecule has 5 heteroatoms. The molecule has 0 aromatic carbocycles. The van der Waals surface area contributed by atoms with E-state index in [-0.39, 0.29) is 0 Å². The fraction of sp³-hybridized carbons (Fsp3) is 0.800. The van der Waals surface area contributed by atoms with Gasteiger partial charge in [0.05, 0.1) is 23.6 Å². The first kappa shape index (κ1) is 12.5. The van der Waals surface area contributed by atoms with Gasteiger partial charge in [0.25, 0.3) is 0 Å². The van der Waals surface area contributed by atoms with Crippen molar-refractivity contribution in [2.24, 2.45) is 0 Å². The number of nitrogens with zero attached hydrogens (tertiary/aromatic N) is 3. The van der Waals surface area contributed by atoms with Crippen LogP contribution in [0, 0.1) is 0 Å². The Hall–Kier alpha value is -0.520. The van der Waals surface area contributed by atoms with Crippen molar-refractivity contribution in [2.45, 2.75) is 33.4 Å². The van der Waals surface area contributed by atoms with Gasteiger partial charge < -0.3 is 10.2 Å². The number of rotatable bonds is 7. The average Bonchev–Trinajstić information content (AvgIpc) is 2.75. The highest BCUT2D eigenvalue weighted by molar-refractivity contribution is 6.99. The van der Waals surface area contributed by atoms with Gasteiger partial charge in [-0.15, -0.1) is 0 Å². The van der Waals surface area contributed by atoms with Crippen molar-refractivity contribution < 1.29 is 0 Å². The van der Waals surface area contributed by atoms with Crippen LogP contribution in [0.3, 0.4) is 0 Å². The van der Waals surface area contributed by atoms with Crippen LogP contribution in [-0.2, 0) is 6.54 Å². The van der Waals surface area contributed by atoms with E-state index in [0.717, 1.165) is 31.9 Å². The van der Waals surface area contributed by atoms with E-state index in [1.165, 1.54) is 11.7 Å². The Morgan fingerprint density at radius 2 is 2.20 bits per heavy atom. The third kappa shape index (κ3) is 4.68. The first-order valence-electron chi connectivity index (χ1n) is 5.48. The summed E-state index contributed by atoms with van der Waals surface area (Å²) in [5.74, 6) is 0. The topological polar surface area (TPSA) is 41.0 Å². The van der Waals surface area contributed by atoms with Gasteiger partial charge in [-0.05, 0) is 20.0 Å². The molecule has 0 saturated carbocycles. The highest BCUT2D eigenvalue weighted by atomic mass is 32.1. The molecule has 15 heavy (non-hydrogen) atoms. The molecule has 1 rings (SSSR count).